The van der Waals surface area contributed by atoms with E-state index in [0.717, 1.165) is 11.8 Å². The van der Waals surface area contributed by atoms with Gasteiger partial charge in [-0.15, -0.1) is 0 Å². The molecular weight excluding hydrogens is 369 g/mol. The first-order chi connectivity index (χ1) is 13.0. The lowest BCUT2D eigenvalue weighted by Gasteiger charge is -2.37. The zero-order valence-electron chi connectivity index (χ0n) is 15.0. The fraction of sp³-hybridized carbons (Fsp3) is 0.300. The van der Waals surface area contributed by atoms with E-state index in [1.807, 2.05) is 42.2 Å². The summed E-state index contributed by atoms with van der Waals surface area (Å²) in [6.07, 6.45) is 0. The maximum absolute atomic E-state index is 13.2. The number of para-hydroxylation sites is 1. The van der Waals surface area contributed by atoms with Crippen molar-refractivity contribution in [1.82, 2.24) is 9.80 Å². The zero-order chi connectivity index (χ0) is 19.4. The molecule has 3 rings (SSSR count). The van der Waals surface area contributed by atoms with Crippen LogP contribution in [0, 0.1) is 5.82 Å². The summed E-state index contributed by atoms with van der Waals surface area (Å²) in [6, 6.07) is 12.8. The average molecular weight is 390 g/mol. The number of carbonyl (C=O) groups is 2. The molecule has 1 aliphatic rings. The van der Waals surface area contributed by atoms with Crippen LogP contribution >= 0.6 is 11.6 Å². The van der Waals surface area contributed by atoms with E-state index in [2.05, 4.69) is 5.32 Å². The van der Waals surface area contributed by atoms with Gasteiger partial charge < -0.3 is 10.2 Å². The Bertz CT molecular complexity index is 823. The highest BCUT2D eigenvalue weighted by atomic mass is 35.5. The van der Waals surface area contributed by atoms with E-state index in [-0.39, 0.29) is 22.9 Å². The van der Waals surface area contributed by atoms with Crippen molar-refractivity contribution in [2.45, 2.75) is 13.0 Å². The number of hydrogen-bond donors (Lipinski definition) is 1. The summed E-state index contributed by atoms with van der Waals surface area (Å²) in [5.41, 5.74) is 1.05. The van der Waals surface area contributed by atoms with Gasteiger partial charge in [0.25, 0.3) is 5.91 Å². The van der Waals surface area contributed by atoms with E-state index in [0.29, 0.717) is 31.7 Å². The van der Waals surface area contributed by atoms with Gasteiger partial charge >= 0.3 is 0 Å². The Morgan fingerprint density at radius 1 is 1.07 bits per heavy atom. The highest BCUT2D eigenvalue weighted by molar-refractivity contribution is 6.33. The van der Waals surface area contributed by atoms with Crippen molar-refractivity contribution in [2.24, 2.45) is 0 Å². The van der Waals surface area contributed by atoms with Crippen LogP contribution in [0.15, 0.2) is 48.5 Å². The first-order valence-electron chi connectivity index (χ1n) is 8.80. The maximum atomic E-state index is 13.2. The second kappa shape index (κ2) is 8.50. The largest absolute Gasteiger partial charge is 0.336 e. The second-order valence-corrected chi connectivity index (χ2v) is 6.89. The fourth-order valence-corrected chi connectivity index (χ4v) is 3.33. The van der Waals surface area contributed by atoms with Crippen LogP contribution in [-0.2, 0) is 4.79 Å². The van der Waals surface area contributed by atoms with Gasteiger partial charge in [0.1, 0.15) is 5.82 Å². The number of carbonyl (C=O) groups excluding carboxylic acids is 2. The average Bonchev–Trinajstić information content (AvgIpc) is 2.68. The first-order valence-corrected chi connectivity index (χ1v) is 9.18. The van der Waals surface area contributed by atoms with Crippen molar-refractivity contribution >= 4 is 29.1 Å². The predicted molar refractivity (Wildman–Crippen MR) is 103 cm³/mol. The molecule has 0 spiro atoms. The molecule has 1 fully saturated rings. The third-order valence-electron chi connectivity index (χ3n) is 4.73. The van der Waals surface area contributed by atoms with Gasteiger partial charge in [-0.2, -0.15) is 0 Å². The van der Waals surface area contributed by atoms with Crippen LogP contribution in [0.2, 0.25) is 5.02 Å². The number of piperazine rings is 1. The highest BCUT2D eigenvalue weighted by Crippen LogP contribution is 2.20. The number of rotatable bonds is 4. The van der Waals surface area contributed by atoms with Crippen molar-refractivity contribution < 1.29 is 14.0 Å². The minimum Gasteiger partial charge on any atom is -0.336 e. The van der Waals surface area contributed by atoms with E-state index < -0.39 is 5.82 Å². The van der Waals surface area contributed by atoms with Crippen molar-refractivity contribution in [1.29, 1.82) is 0 Å². The van der Waals surface area contributed by atoms with Crippen molar-refractivity contribution in [3.63, 3.8) is 0 Å². The standard InChI is InChI=1S/C20H21ClFN3O2/c1-14(19(26)23-16-5-3-2-4-6-16)24-9-11-25(12-10-24)20(27)17-8-7-15(22)13-18(17)21/h2-8,13-14H,9-12H2,1H3,(H,23,26). The van der Waals surface area contributed by atoms with Crippen LogP contribution in [-0.4, -0.2) is 53.8 Å². The van der Waals surface area contributed by atoms with Crippen molar-refractivity contribution in [3.8, 4) is 0 Å². The van der Waals surface area contributed by atoms with Crippen LogP contribution in [0.4, 0.5) is 10.1 Å². The van der Waals surface area contributed by atoms with E-state index >= 15 is 0 Å². The number of amides is 2. The summed E-state index contributed by atoms with van der Waals surface area (Å²) in [5.74, 6) is -0.775. The summed E-state index contributed by atoms with van der Waals surface area (Å²) in [7, 11) is 0. The molecular formula is C20H21ClFN3O2. The zero-order valence-corrected chi connectivity index (χ0v) is 15.7. The lowest BCUT2D eigenvalue weighted by molar-refractivity contribution is -0.121. The summed E-state index contributed by atoms with van der Waals surface area (Å²) >= 11 is 5.99. The number of nitrogens with one attached hydrogen (secondary N) is 1. The molecule has 0 aromatic heterocycles. The van der Waals surface area contributed by atoms with Gasteiger partial charge in [-0.05, 0) is 37.3 Å². The lowest BCUT2D eigenvalue weighted by atomic mass is 10.1. The molecule has 1 N–H and O–H groups in total. The molecule has 2 amide bonds. The SMILES string of the molecule is CC(C(=O)Nc1ccccc1)N1CCN(C(=O)c2ccc(F)cc2Cl)CC1. The molecule has 1 saturated heterocycles. The van der Waals surface area contributed by atoms with Crippen LogP contribution in [0.1, 0.15) is 17.3 Å². The van der Waals surface area contributed by atoms with Crippen LogP contribution in [0.5, 0.6) is 0 Å². The number of nitrogens with zero attached hydrogens (tertiary/aromatic N) is 2. The molecule has 142 valence electrons. The Morgan fingerprint density at radius 3 is 2.37 bits per heavy atom. The summed E-state index contributed by atoms with van der Waals surface area (Å²) in [5, 5.41) is 3.01. The van der Waals surface area contributed by atoms with Crippen LogP contribution < -0.4 is 5.32 Å². The van der Waals surface area contributed by atoms with Crippen molar-refractivity contribution in [2.75, 3.05) is 31.5 Å². The van der Waals surface area contributed by atoms with Gasteiger partial charge in [-0.3, -0.25) is 14.5 Å². The fourth-order valence-electron chi connectivity index (χ4n) is 3.08. The Labute approximate surface area is 162 Å². The number of hydrogen-bond acceptors (Lipinski definition) is 3. The molecule has 2 aromatic rings. The van der Waals surface area contributed by atoms with Gasteiger partial charge in [-0.25, -0.2) is 4.39 Å². The Balaban J connectivity index is 1.56. The Kier molecular flexibility index (Phi) is 6.08. The molecule has 1 heterocycles. The minimum atomic E-state index is -0.473. The molecule has 0 aliphatic carbocycles. The van der Waals surface area contributed by atoms with Gasteiger partial charge in [0.05, 0.1) is 16.6 Å². The molecule has 7 heteroatoms. The Morgan fingerprint density at radius 2 is 1.74 bits per heavy atom. The second-order valence-electron chi connectivity index (χ2n) is 6.48. The van der Waals surface area contributed by atoms with Gasteiger partial charge in [0.15, 0.2) is 0 Å². The van der Waals surface area contributed by atoms with Gasteiger partial charge in [-0.1, -0.05) is 29.8 Å². The molecule has 0 bridgehead atoms. The van der Waals surface area contributed by atoms with E-state index in [4.69, 9.17) is 11.6 Å². The quantitative estimate of drug-likeness (QED) is 0.873. The van der Waals surface area contributed by atoms with Gasteiger partial charge in [0, 0.05) is 31.9 Å². The smallest absolute Gasteiger partial charge is 0.255 e. The predicted octanol–water partition coefficient (Wildman–Crippen LogP) is 3.26. The van der Waals surface area contributed by atoms with E-state index in [9.17, 15) is 14.0 Å². The maximum Gasteiger partial charge on any atom is 0.255 e. The number of halogens is 2. The molecule has 1 unspecified atom stereocenters. The minimum absolute atomic E-state index is 0.0810. The van der Waals surface area contributed by atoms with Gasteiger partial charge in [0.2, 0.25) is 5.91 Å². The van der Waals surface area contributed by atoms with E-state index in [1.165, 1.54) is 12.1 Å². The molecule has 0 saturated carbocycles. The summed E-state index contributed by atoms with van der Waals surface area (Å²) in [6.45, 7) is 3.97. The number of anilines is 1. The number of benzene rings is 2. The molecule has 1 atom stereocenters. The third-order valence-corrected chi connectivity index (χ3v) is 5.04. The molecule has 1 aliphatic heterocycles. The molecule has 0 radical (unpaired) electrons. The molecule has 5 nitrogen and oxygen atoms in total. The summed E-state index contributed by atoms with van der Waals surface area (Å²) < 4.78 is 13.2. The summed E-state index contributed by atoms with van der Waals surface area (Å²) in [4.78, 5) is 28.8. The lowest BCUT2D eigenvalue weighted by Crippen LogP contribution is -2.54. The molecule has 27 heavy (non-hydrogen) atoms. The monoisotopic (exact) mass is 389 g/mol. The van der Waals surface area contributed by atoms with Crippen LogP contribution in [0.3, 0.4) is 0 Å². The molecule has 2 aromatic carbocycles. The van der Waals surface area contributed by atoms with E-state index in [1.54, 1.807) is 4.90 Å². The first kappa shape index (κ1) is 19.3. The Hall–Kier alpha value is -2.44. The van der Waals surface area contributed by atoms with Crippen molar-refractivity contribution in [3.05, 3.63) is 64.9 Å². The topological polar surface area (TPSA) is 52.7 Å². The normalized spacial score (nSPS) is 16.0. The van der Waals surface area contributed by atoms with Crippen LogP contribution in [0.25, 0.3) is 0 Å². The highest BCUT2D eigenvalue weighted by Gasteiger charge is 2.28. The third kappa shape index (κ3) is 4.64.